The Morgan fingerprint density at radius 1 is 0.950 bits per heavy atom. The standard InChI is InChI=1S/C16H13NO2S/c1-11(18)10-16(19)17-12-6-2-4-8-14(12)20-15-9-5-3-7-13(15)17/h2-9H,10H2,1H3. The number of rotatable bonds is 2. The summed E-state index contributed by atoms with van der Waals surface area (Å²) in [5.74, 6) is -0.305. The van der Waals surface area contributed by atoms with Crippen LogP contribution >= 0.6 is 11.8 Å². The number of ketones is 1. The first-order chi connectivity index (χ1) is 9.66. The van der Waals surface area contributed by atoms with E-state index in [-0.39, 0.29) is 18.1 Å². The van der Waals surface area contributed by atoms with Crippen LogP contribution in [-0.4, -0.2) is 11.7 Å². The number of hydrogen-bond donors (Lipinski definition) is 0. The molecular formula is C16H13NO2S. The second kappa shape index (κ2) is 5.13. The molecule has 0 bridgehead atoms. The van der Waals surface area contributed by atoms with Crippen LogP contribution < -0.4 is 4.90 Å². The van der Waals surface area contributed by atoms with Gasteiger partial charge in [0.2, 0.25) is 5.91 Å². The first kappa shape index (κ1) is 12.9. The molecule has 2 aromatic rings. The van der Waals surface area contributed by atoms with Gasteiger partial charge in [-0.2, -0.15) is 0 Å². The second-order valence-electron chi connectivity index (χ2n) is 4.65. The first-order valence-electron chi connectivity index (χ1n) is 6.35. The van der Waals surface area contributed by atoms with Gasteiger partial charge in [0.25, 0.3) is 0 Å². The SMILES string of the molecule is CC(=O)CC(=O)N1c2ccccc2Sc2ccccc21. The molecule has 1 heterocycles. The number of carbonyl (C=O) groups is 2. The molecule has 0 saturated heterocycles. The van der Waals surface area contributed by atoms with Gasteiger partial charge in [-0.15, -0.1) is 0 Å². The lowest BCUT2D eigenvalue weighted by atomic mass is 10.2. The van der Waals surface area contributed by atoms with Crippen molar-refractivity contribution in [3.8, 4) is 0 Å². The molecule has 20 heavy (non-hydrogen) atoms. The van der Waals surface area contributed by atoms with Crippen LogP contribution in [0.4, 0.5) is 11.4 Å². The third-order valence-electron chi connectivity index (χ3n) is 3.08. The van der Waals surface area contributed by atoms with Crippen molar-refractivity contribution in [3.63, 3.8) is 0 Å². The number of fused-ring (bicyclic) bond motifs is 2. The minimum atomic E-state index is -0.183. The van der Waals surface area contributed by atoms with Crippen molar-refractivity contribution in [2.75, 3.05) is 4.90 Å². The predicted molar refractivity (Wildman–Crippen MR) is 79.5 cm³/mol. The molecule has 0 fully saturated rings. The van der Waals surface area contributed by atoms with E-state index in [4.69, 9.17) is 0 Å². The fourth-order valence-electron chi connectivity index (χ4n) is 2.27. The third kappa shape index (κ3) is 2.23. The summed E-state index contributed by atoms with van der Waals surface area (Å²) in [6, 6.07) is 15.5. The van der Waals surface area contributed by atoms with Crippen molar-refractivity contribution in [1.82, 2.24) is 0 Å². The number of amides is 1. The largest absolute Gasteiger partial charge is 0.299 e. The Bertz CT molecular complexity index is 651. The molecule has 0 unspecified atom stereocenters. The lowest BCUT2D eigenvalue weighted by Gasteiger charge is -2.30. The molecule has 1 amide bonds. The summed E-state index contributed by atoms with van der Waals surface area (Å²) in [7, 11) is 0. The molecule has 0 N–H and O–H groups in total. The highest BCUT2D eigenvalue weighted by Crippen LogP contribution is 2.47. The topological polar surface area (TPSA) is 37.4 Å². The van der Waals surface area contributed by atoms with Crippen LogP contribution in [0.15, 0.2) is 58.3 Å². The predicted octanol–water partition coefficient (Wildman–Crippen LogP) is 3.80. The highest BCUT2D eigenvalue weighted by Gasteiger charge is 2.27. The quantitative estimate of drug-likeness (QED) is 0.787. The van der Waals surface area contributed by atoms with E-state index in [2.05, 4.69) is 0 Å². The lowest BCUT2D eigenvalue weighted by Crippen LogP contribution is -2.29. The van der Waals surface area contributed by atoms with E-state index in [1.165, 1.54) is 6.92 Å². The maximum absolute atomic E-state index is 12.4. The normalized spacial score (nSPS) is 12.6. The fraction of sp³-hybridized carbons (Fsp3) is 0.125. The average Bonchev–Trinajstić information content (AvgIpc) is 2.43. The summed E-state index contributed by atoms with van der Waals surface area (Å²) in [5, 5.41) is 0. The smallest absolute Gasteiger partial charge is 0.239 e. The Labute approximate surface area is 121 Å². The Balaban J connectivity index is 2.12. The molecule has 0 spiro atoms. The Hall–Kier alpha value is -2.07. The molecule has 2 aromatic carbocycles. The molecule has 0 atom stereocenters. The number of hydrogen-bond acceptors (Lipinski definition) is 3. The van der Waals surface area contributed by atoms with Gasteiger partial charge < -0.3 is 0 Å². The number of carbonyl (C=O) groups excluding carboxylic acids is 2. The molecule has 1 aliphatic rings. The van der Waals surface area contributed by atoms with E-state index < -0.39 is 0 Å². The van der Waals surface area contributed by atoms with Crippen LogP contribution in [-0.2, 0) is 9.59 Å². The molecular weight excluding hydrogens is 270 g/mol. The molecule has 4 heteroatoms. The van der Waals surface area contributed by atoms with Crippen LogP contribution in [0.1, 0.15) is 13.3 Å². The molecule has 1 aliphatic heterocycles. The van der Waals surface area contributed by atoms with Gasteiger partial charge in [-0.05, 0) is 31.2 Å². The van der Waals surface area contributed by atoms with Crippen molar-refractivity contribution in [1.29, 1.82) is 0 Å². The number of anilines is 2. The van der Waals surface area contributed by atoms with Crippen LogP contribution in [0.2, 0.25) is 0 Å². The van der Waals surface area contributed by atoms with Gasteiger partial charge in [-0.1, -0.05) is 36.0 Å². The van der Waals surface area contributed by atoms with Crippen molar-refractivity contribution in [3.05, 3.63) is 48.5 Å². The second-order valence-corrected chi connectivity index (χ2v) is 5.73. The summed E-state index contributed by atoms with van der Waals surface area (Å²) in [5.41, 5.74) is 1.70. The zero-order chi connectivity index (χ0) is 14.1. The van der Waals surface area contributed by atoms with Crippen LogP contribution in [0.5, 0.6) is 0 Å². The monoisotopic (exact) mass is 283 g/mol. The highest BCUT2D eigenvalue weighted by atomic mass is 32.2. The maximum atomic E-state index is 12.4. The zero-order valence-corrected chi connectivity index (χ0v) is 11.8. The maximum Gasteiger partial charge on any atom is 0.239 e. The van der Waals surface area contributed by atoms with Crippen LogP contribution in [0.25, 0.3) is 0 Å². The molecule has 0 saturated carbocycles. The van der Waals surface area contributed by atoms with E-state index in [0.29, 0.717) is 0 Å². The van der Waals surface area contributed by atoms with E-state index in [0.717, 1.165) is 21.2 Å². The summed E-state index contributed by atoms with van der Waals surface area (Å²) in [6.07, 6.45) is -0.0761. The minimum absolute atomic E-state index is 0.0761. The summed E-state index contributed by atoms with van der Waals surface area (Å²) in [4.78, 5) is 27.4. The molecule has 0 aliphatic carbocycles. The summed E-state index contributed by atoms with van der Waals surface area (Å²) in [6.45, 7) is 1.44. The van der Waals surface area contributed by atoms with Gasteiger partial charge >= 0.3 is 0 Å². The highest BCUT2D eigenvalue weighted by molar-refractivity contribution is 7.99. The van der Waals surface area contributed by atoms with Crippen molar-refractivity contribution >= 4 is 34.8 Å². The summed E-state index contributed by atoms with van der Waals surface area (Å²) >= 11 is 1.64. The van der Waals surface area contributed by atoms with Gasteiger partial charge in [-0.3, -0.25) is 14.5 Å². The molecule has 0 radical (unpaired) electrons. The van der Waals surface area contributed by atoms with Crippen molar-refractivity contribution < 1.29 is 9.59 Å². The number of para-hydroxylation sites is 2. The van der Waals surface area contributed by atoms with E-state index in [9.17, 15) is 9.59 Å². The Morgan fingerprint density at radius 2 is 1.45 bits per heavy atom. The van der Waals surface area contributed by atoms with E-state index >= 15 is 0 Å². The fourth-order valence-corrected chi connectivity index (χ4v) is 3.32. The molecule has 3 nitrogen and oxygen atoms in total. The van der Waals surface area contributed by atoms with Gasteiger partial charge in [0, 0.05) is 9.79 Å². The van der Waals surface area contributed by atoms with Gasteiger partial charge in [0.15, 0.2) is 0 Å². The number of Topliss-reactive ketones (excluding diaryl/α,β-unsaturated/α-hetero) is 1. The lowest BCUT2D eigenvalue weighted by molar-refractivity contribution is -0.125. The number of nitrogens with zero attached hydrogens (tertiary/aromatic N) is 1. The first-order valence-corrected chi connectivity index (χ1v) is 7.17. The van der Waals surface area contributed by atoms with E-state index in [1.54, 1.807) is 16.7 Å². The molecule has 100 valence electrons. The molecule has 0 aromatic heterocycles. The van der Waals surface area contributed by atoms with Crippen LogP contribution in [0.3, 0.4) is 0 Å². The van der Waals surface area contributed by atoms with Crippen molar-refractivity contribution in [2.24, 2.45) is 0 Å². The van der Waals surface area contributed by atoms with Crippen LogP contribution in [0, 0.1) is 0 Å². The van der Waals surface area contributed by atoms with Gasteiger partial charge in [0.1, 0.15) is 5.78 Å². The van der Waals surface area contributed by atoms with E-state index in [1.807, 2.05) is 48.5 Å². The zero-order valence-electron chi connectivity index (χ0n) is 11.0. The summed E-state index contributed by atoms with van der Waals surface area (Å²) < 4.78 is 0. The minimum Gasteiger partial charge on any atom is -0.299 e. The third-order valence-corrected chi connectivity index (χ3v) is 4.21. The van der Waals surface area contributed by atoms with Gasteiger partial charge in [0.05, 0.1) is 17.8 Å². The average molecular weight is 283 g/mol. The van der Waals surface area contributed by atoms with Crippen molar-refractivity contribution in [2.45, 2.75) is 23.1 Å². The molecule has 3 rings (SSSR count). The Kier molecular flexibility index (Phi) is 3.32. The number of benzene rings is 2. The Morgan fingerprint density at radius 3 is 1.95 bits per heavy atom. The van der Waals surface area contributed by atoms with Gasteiger partial charge in [-0.25, -0.2) is 0 Å².